The second-order valence-electron chi connectivity index (χ2n) is 10.3. The van der Waals surface area contributed by atoms with Crippen molar-refractivity contribution in [2.45, 2.75) is 12.2 Å². The zero-order valence-electron chi connectivity index (χ0n) is 23.8. The predicted molar refractivity (Wildman–Crippen MR) is 165 cm³/mol. The van der Waals surface area contributed by atoms with Crippen molar-refractivity contribution in [3.05, 3.63) is 95.6 Å². The molecule has 0 saturated carbocycles. The van der Waals surface area contributed by atoms with Crippen molar-refractivity contribution in [2.24, 2.45) is 0 Å². The number of anilines is 1. The lowest BCUT2D eigenvalue weighted by atomic mass is 9.98. The third-order valence-electron chi connectivity index (χ3n) is 6.98. The first-order valence-electron chi connectivity index (χ1n) is 13.6. The van der Waals surface area contributed by atoms with Gasteiger partial charge in [0.2, 0.25) is 11.8 Å². The number of nitrogens with one attached hydrogen (secondary N) is 1. The summed E-state index contributed by atoms with van der Waals surface area (Å²) in [5, 5.41) is 7.94. The van der Waals surface area contributed by atoms with Crippen LogP contribution in [0.4, 0.5) is 5.82 Å². The van der Waals surface area contributed by atoms with Crippen LogP contribution >= 0.6 is 11.8 Å². The van der Waals surface area contributed by atoms with Crippen LogP contribution in [0.25, 0.3) is 16.9 Å². The number of nitrogens with zero attached hydrogens (tertiary/aromatic N) is 4. The van der Waals surface area contributed by atoms with Gasteiger partial charge in [-0.25, -0.2) is 4.68 Å². The molecule has 0 bridgehead atoms. The van der Waals surface area contributed by atoms with Gasteiger partial charge >= 0.3 is 0 Å². The monoisotopic (exact) mass is 569 g/mol. The minimum absolute atomic E-state index is 0.101. The predicted octanol–water partition coefficient (Wildman–Crippen LogP) is 4.70. The van der Waals surface area contributed by atoms with Crippen LogP contribution in [0.1, 0.15) is 21.9 Å². The van der Waals surface area contributed by atoms with Crippen LogP contribution in [0.5, 0.6) is 5.75 Å². The molecule has 1 N–H and O–H groups in total. The minimum Gasteiger partial charge on any atom is -0.497 e. The first-order chi connectivity index (χ1) is 19.9. The molecule has 0 saturated heterocycles. The molecule has 2 amide bonds. The maximum Gasteiger partial charge on any atom is 0.240 e. The van der Waals surface area contributed by atoms with E-state index in [1.165, 1.54) is 0 Å². The number of likely N-dealkylation sites (N-methyl/N-ethyl adjacent to an activating group) is 1. The van der Waals surface area contributed by atoms with E-state index < -0.39 is 0 Å². The molecular formula is C32H35N5O3S. The number of carbonyl (C=O) groups is 2. The normalized spacial score (nSPS) is 15.0. The number of aryl methyl sites for hydroxylation is 1. The van der Waals surface area contributed by atoms with Crippen LogP contribution in [0.2, 0.25) is 0 Å². The molecule has 1 aliphatic rings. The summed E-state index contributed by atoms with van der Waals surface area (Å²) in [7, 11) is 5.54. The maximum atomic E-state index is 13.8. The number of benzene rings is 3. The smallest absolute Gasteiger partial charge is 0.240 e. The topological polar surface area (TPSA) is 79.7 Å². The highest BCUT2D eigenvalue weighted by Gasteiger charge is 2.37. The number of hydrogen-bond acceptors (Lipinski definition) is 6. The van der Waals surface area contributed by atoms with Crippen molar-refractivity contribution in [3.63, 3.8) is 0 Å². The van der Waals surface area contributed by atoms with Crippen molar-refractivity contribution in [1.29, 1.82) is 0 Å². The van der Waals surface area contributed by atoms with Gasteiger partial charge in [0.1, 0.15) is 18.1 Å². The Kier molecular flexibility index (Phi) is 8.75. The van der Waals surface area contributed by atoms with Gasteiger partial charge in [-0.15, -0.1) is 11.8 Å². The molecule has 9 heteroatoms. The van der Waals surface area contributed by atoms with Crippen molar-refractivity contribution >= 4 is 29.4 Å². The Morgan fingerprint density at radius 3 is 2.51 bits per heavy atom. The van der Waals surface area contributed by atoms with E-state index in [1.807, 2.05) is 79.7 Å². The number of aromatic nitrogens is 2. The van der Waals surface area contributed by atoms with Crippen LogP contribution in [0.3, 0.4) is 0 Å². The van der Waals surface area contributed by atoms with E-state index in [0.29, 0.717) is 18.9 Å². The molecular weight excluding hydrogens is 534 g/mol. The Bertz CT molecular complexity index is 1520. The fourth-order valence-electron chi connectivity index (χ4n) is 4.95. The number of ether oxygens (including phenoxy) is 1. The quantitative estimate of drug-likeness (QED) is 0.315. The standard InChI is InChI=1S/C32H35N5O3S/c1-22-9-8-12-24(19-22)31-29-30(23-10-6-5-7-11-23)34-37(25-13-15-26(40-4)16-14-25)32(29)36(28(39)21-41-31)20-27(38)33-17-18-35(2)3/h5-16,19,31H,17-18,20-21H2,1-4H3,(H,33,38)/t31-/m1/s1. The Balaban J connectivity index is 1.72. The van der Waals surface area contributed by atoms with Gasteiger partial charge in [-0.2, -0.15) is 5.10 Å². The number of fused-ring (bicyclic) bond motifs is 1. The number of hydrogen-bond donors (Lipinski definition) is 1. The summed E-state index contributed by atoms with van der Waals surface area (Å²) < 4.78 is 7.19. The Hall–Kier alpha value is -4.08. The maximum absolute atomic E-state index is 13.8. The summed E-state index contributed by atoms with van der Waals surface area (Å²) >= 11 is 1.57. The van der Waals surface area contributed by atoms with E-state index in [1.54, 1.807) is 28.5 Å². The lowest BCUT2D eigenvalue weighted by molar-refractivity contribution is -0.122. The molecule has 41 heavy (non-hydrogen) atoms. The largest absolute Gasteiger partial charge is 0.497 e. The highest BCUT2D eigenvalue weighted by atomic mass is 32.2. The average Bonchev–Trinajstić information content (AvgIpc) is 3.30. The van der Waals surface area contributed by atoms with Crippen molar-refractivity contribution in [1.82, 2.24) is 20.0 Å². The number of thioether (sulfide) groups is 1. The summed E-state index contributed by atoms with van der Waals surface area (Å²) in [5.74, 6) is 1.21. The number of amides is 2. The van der Waals surface area contributed by atoms with Gasteiger partial charge in [-0.1, -0.05) is 60.2 Å². The Morgan fingerprint density at radius 1 is 1.07 bits per heavy atom. The number of methoxy groups -OCH3 is 1. The molecule has 0 radical (unpaired) electrons. The third-order valence-corrected chi connectivity index (χ3v) is 8.24. The van der Waals surface area contributed by atoms with Crippen LogP contribution in [0.15, 0.2) is 78.9 Å². The first kappa shape index (κ1) is 28.4. The molecule has 0 fully saturated rings. The van der Waals surface area contributed by atoms with Gasteiger partial charge in [-0.3, -0.25) is 14.5 Å². The second-order valence-corrected chi connectivity index (χ2v) is 11.4. The lowest BCUT2D eigenvalue weighted by Crippen LogP contribution is -2.43. The molecule has 8 nitrogen and oxygen atoms in total. The van der Waals surface area contributed by atoms with Crippen LogP contribution in [-0.2, 0) is 9.59 Å². The van der Waals surface area contributed by atoms with E-state index in [0.717, 1.165) is 39.4 Å². The molecule has 0 unspecified atom stereocenters. The van der Waals surface area contributed by atoms with E-state index in [9.17, 15) is 9.59 Å². The molecule has 1 aliphatic heterocycles. The van der Waals surface area contributed by atoms with Crippen LogP contribution < -0.4 is 15.0 Å². The molecule has 4 aromatic rings. The molecule has 1 atom stereocenters. The van der Waals surface area contributed by atoms with Gasteiger partial charge in [-0.05, 0) is 50.8 Å². The van der Waals surface area contributed by atoms with Gasteiger partial charge in [0.05, 0.1) is 29.5 Å². The summed E-state index contributed by atoms with van der Waals surface area (Å²) in [6.07, 6.45) is 0. The van der Waals surface area contributed by atoms with Crippen molar-refractivity contribution in [3.8, 4) is 22.7 Å². The van der Waals surface area contributed by atoms with E-state index in [2.05, 4.69) is 30.4 Å². The minimum atomic E-state index is -0.214. The fraction of sp³-hybridized carbons (Fsp3) is 0.281. The molecule has 0 aliphatic carbocycles. The highest BCUT2D eigenvalue weighted by Crippen LogP contribution is 2.48. The lowest BCUT2D eigenvalue weighted by Gasteiger charge is -2.23. The molecule has 212 valence electrons. The molecule has 5 rings (SSSR count). The first-order valence-corrected chi connectivity index (χ1v) is 14.6. The van der Waals surface area contributed by atoms with Gasteiger partial charge in [0.15, 0.2) is 0 Å². The number of carbonyl (C=O) groups excluding carboxylic acids is 2. The zero-order valence-corrected chi connectivity index (χ0v) is 24.6. The fourth-order valence-corrected chi connectivity index (χ4v) is 6.13. The summed E-state index contributed by atoms with van der Waals surface area (Å²) in [6, 6.07) is 26.0. The van der Waals surface area contributed by atoms with Gasteiger partial charge in [0, 0.05) is 24.2 Å². The van der Waals surface area contributed by atoms with Crippen LogP contribution in [0, 0.1) is 6.92 Å². The average molecular weight is 570 g/mol. The van der Waals surface area contributed by atoms with Gasteiger partial charge < -0.3 is 15.0 Å². The number of rotatable bonds is 9. The van der Waals surface area contributed by atoms with Crippen molar-refractivity contribution < 1.29 is 14.3 Å². The summed E-state index contributed by atoms with van der Waals surface area (Å²) in [5.41, 5.74) is 5.63. The molecule has 3 aromatic carbocycles. The summed E-state index contributed by atoms with van der Waals surface area (Å²) in [4.78, 5) is 30.6. The Labute approximate surface area is 245 Å². The second kappa shape index (κ2) is 12.6. The van der Waals surface area contributed by atoms with Crippen LogP contribution in [-0.4, -0.2) is 73.1 Å². The molecule has 1 aromatic heterocycles. The van der Waals surface area contributed by atoms with Crippen molar-refractivity contribution in [2.75, 3.05) is 51.5 Å². The third kappa shape index (κ3) is 6.31. The van der Waals surface area contributed by atoms with Gasteiger partial charge in [0.25, 0.3) is 0 Å². The Morgan fingerprint density at radius 2 is 1.83 bits per heavy atom. The zero-order chi connectivity index (χ0) is 28.9. The molecule has 2 heterocycles. The molecule has 0 spiro atoms. The van der Waals surface area contributed by atoms with E-state index in [4.69, 9.17) is 9.84 Å². The SMILES string of the molecule is COc1ccc(-n2nc(-c3ccccc3)c3c2N(CC(=O)NCCN(C)C)C(=O)CS[C@@H]3c2cccc(C)c2)cc1. The summed E-state index contributed by atoms with van der Waals surface area (Å²) in [6.45, 7) is 3.17. The van der Waals surface area contributed by atoms with E-state index >= 15 is 0 Å². The van der Waals surface area contributed by atoms with E-state index in [-0.39, 0.29) is 29.4 Å². The highest BCUT2D eigenvalue weighted by molar-refractivity contribution is 8.00.